The molecule has 0 aliphatic carbocycles. The van der Waals surface area contributed by atoms with E-state index in [1.807, 2.05) is 22.6 Å². The van der Waals surface area contributed by atoms with Crippen LogP contribution in [0.3, 0.4) is 0 Å². The fraction of sp³-hybridized carbons (Fsp3) is 0.231. The van der Waals surface area contributed by atoms with Crippen molar-refractivity contribution in [1.29, 1.82) is 0 Å². The van der Waals surface area contributed by atoms with Crippen LogP contribution in [-0.4, -0.2) is 31.3 Å². The van der Waals surface area contributed by atoms with Gasteiger partial charge < -0.3 is 19.2 Å². The monoisotopic (exact) mass is 388 g/mol. The van der Waals surface area contributed by atoms with E-state index in [0.717, 1.165) is 0 Å². The number of nitrogens with zero attached hydrogens (tertiary/aromatic N) is 1. The van der Waals surface area contributed by atoms with Gasteiger partial charge in [-0.1, -0.05) is 0 Å². The van der Waals surface area contributed by atoms with Crippen LogP contribution < -0.4 is 19.8 Å². The first-order valence-electron chi connectivity index (χ1n) is 5.66. The third kappa shape index (κ3) is 2.72. The Morgan fingerprint density at radius 2 is 1.70 bits per heavy atom. The first-order valence-corrected chi connectivity index (χ1v) is 6.73. The highest BCUT2D eigenvalue weighted by Gasteiger charge is 2.15. The average Bonchev–Trinajstić information content (AvgIpc) is 2.48. The van der Waals surface area contributed by atoms with Gasteiger partial charge in [-0.05, 0) is 34.7 Å². The van der Waals surface area contributed by atoms with E-state index in [4.69, 9.17) is 14.2 Å². The number of ether oxygens (including phenoxy) is 3. The predicted molar refractivity (Wildman–Crippen MR) is 82.7 cm³/mol. The summed E-state index contributed by atoms with van der Waals surface area (Å²) < 4.78 is 16.3. The van der Waals surface area contributed by atoms with Crippen molar-refractivity contribution in [1.82, 2.24) is 9.97 Å². The fourth-order valence-electron chi connectivity index (χ4n) is 1.74. The van der Waals surface area contributed by atoms with Crippen LogP contribution in [0, 0.1) is 3.57 Å². The number of aromatic amines is 1. The van der Waals surface area contributed by atoms with E-state index in [-0.39, 0.29) is 5.56 Å². The third-order valence-corrected chi connectivity index (χ3v) is 3.46. The molecule has 6 nitrogen and oxygen atoms in total. The highest BCUT2D eigenvalue weighted by molar-refractivity contribution is 14.1. The molecular formula is C13H13IN2O4. The normalized spacial score (nSPS) is 10.2. The summed E-state index contributed by atoms with van der Waals surface area (Å²) in [6.45, 7) is 0. The molecule has 20 heavy (non-hydrogen) atoms. The van der Waals surface area contributed by atoms with E-state index in [9.17, 15) is 4.79 Å². The number of rotatable bonds is 4. The lowest BCUT2D eigenvalue weighted by atomic mass is 10.1. The Kier molecular flexibility index (Phi) is 4.48. The minimum atomic E-state index is -0.190. The molecule has 1 aromatic carbocycles. The number of benzene rings is 1. The highest BCUT2D eigenvalue weighted by atomic mass is 127. The number of halogens is 1. The Labute approximate surface area is 129 Å². The van der Waals surface area contributed by atoms with Gasteiger partial charge in [-0.3, -0.25) is 4.79 Å². The van der Waals surface area contributed by atoms with E-state index >= 15 is 0 Å². The number of H-pyrrole nitrogens is 1. The molecule has 0 amide bonds. The third-order valence-electron chi connectivity index (χ3n) is 2.69. The van der Waals surface area contributed by atoms with Crippen molar-refractivity contribution in [2.24, 2.45) is 0 Å². The van der Waals surface area contributed by atoms with Gasteiger partial charge in [0.05, 0.1) is 24.9 Å². The SMILES string of the molecule is COc1cc(-c2ncc(I)c(=O)[nH]2)cc(OC)c1OC. The molecule has 0 radical (unpaired) electrons. The summed E-state index contributed by atoms with van der Waals surface area (Å²) in [5.41, 5.74) is 0.484. The van der Waals surface area contributed by atoms with E-state index in [2.05, 4.69) is 9.97 Å². The van der Waals surface area contributed by atoms with Crippen molar-refractivity contribution in [2.75, 3.05) is 21.3 Å². The van der Waals surface area contributed by atoms with E-state index in [0.29, 0.717) is 32.2 Å². The largest absolute Gasteiger partial charge is 0.493 e. The van der Waals surface area contributed by atoms with Crippen LogP contribution in [0.15, 0.2) is 23.1 Å². The molecule has 2 rings (SSSR count). The molecule has 106 valence electrons. The number of hydrogen-bond donors (Lipinski definition) is 1. The summed E-state index contributed by atoms with van der Waals surface area (Å²) in [7, 11) is 4.60. The Hall–Kier alpha value is -1.77. The van der Waals surface area contributed by atoms with Gasteiger partial charge in [0.2, 0.25) is 5.75 Å². The van der Waals surface area contributed by atoms with Crippen molar-refractivity contribution < 1.29 is 14.2 Å². The minimum absolute atomic E-state index is 0.190. The van der Waals surface area contributed by atoms with E-state index in [1.165, 1.54) is 27.5 Å². The van der Waals surface area contributed by atoms with Crippen molar-refractivity contribution in [3.05, 3.63) is 32.3 Å². The summed E-state index contributed by atoms with van der Waals surface area (Å²) in [4.78, 5) is 18.6. The van der Waals surface area contributed by atoms with Crippen molar-refractivity contribution in [3.63, 3.8) is 0 Å². The fourth-order valence-corrected chi connectivity index (χ4v) is 2.02. The second kappa shape index (κ2) is 6.12. The standard InChI is InChI=1S/C13H13IN2O4/c1-18-9-4-7(5-10(19-2)11(9)20-3)12-15-6-8(14)13(17)16-12/h4-6H,1-3H3,(H,15,16,17). The van der Waals surface area contributed by atoms with Gasteiger partial charge in [0.25, 0.3) is 5.56 Å². The predicted octanol–water partition coefficient (Wildman–Crippen LogP) is 2.07. The maximum Gasteiger partial charge on any atom is 0.264 e. The van der Waals surface area contributed by atoms with Crippen LogP contribution in [-0.2, 0) is 0 Å². The molecule has 1 heterocycles. The Morgan fingerprint density at radius 3 is 2.15 bits per heavy atom. The zero-order chi connectivity index (χ0) is 14.7. The summed E-state index contributed by atoms with van der Waals surface area (Å²) >= 11 is 1.92. The molecular weight excluding hydrogens is 375 g/mol. The zero-order valence-corrected chi connectivity index (χ0v) is 13.3. The lowest BCUT2D eigenvalue weighted by molar-refractivity contribution is 0.324. The number of aromatic nitrogens is 2. The average molecular weight is 388 g/mol. The van der Waals surface area contributed by atoms with Gasteiger partial charge >= 0.3 is 0 Å². The lowest BCUT2D eigenvalue weighted by Gasteiger charge is -2.13. The maximum absolute atomic E-state index is 11.7. The van der Waals surface area contributed by atoms with Gasteiger partial charge in [0.15, 0.2) is 11.5 Å². The van der Waals surface area contributed by atoms with Crippen LogP contribution in [0.2, 0.25) is 0 Å². The molecule has 0 saturated carbocycles. The molecule has 0 bridgehead atoms. The molecule has 0 aliphatic rings. The van der Waals surface area contributed by atoms with Crippen molar-refractivity contribution in [2.45, 2.75) is 0 Å². The molecule has 0 saturated heterocycles. The van der Waals surface area contributed by atoms with Gasteiger partial charge in [-0.25, -0.2) is 4.98 Å². The van der Waals surface area contributed by atoms with Crippen LogP contribution >= 0.6 is 22.6 Å². The quantitative estimate of drug-likeness (QED) is 0.812. The van der Waals surface area contributed by atoms with Crippen molar-refractivity contribution in [3.8, 4) is 28.6 Å². The van der Waals surface area contributed by atoms with Gasteiger partial charge in [-0.2, -0.15) is 0 Å². The first kappa shape index (κ1) is 14.6. The molecule has 0 atom stereocenters. The first-order chi connectivity index (χ1) is 9.60. The summed E-state index contributed by atoms with van der Waals surface area (Å²) in [5, 5.41) is 0. The second-order valence-electron chi connectivity index (χ2n) is 3.82. The Morgan fingerprint density at radius 1 is 1.10 bits per heavy atom. The smallest absolute Gasteiger partial charge is 0.264 e. The molecule has 2 aromatic rings. The summed E-state index contributed by atoms with van der Waals surface area (Å²) in [6, 6.07) is 3.46. The molecule has 0 aliphatic heterocycles. The topological polar surface area (TPSA) is 73.4 Å². The minimum Gasteiger partial charge on any atom is -0.493 e. The summed E-state index contributed by atoms with van der Waals surface area (Å²) in [6.07, 6.45) is 1.51. The molecule has 0 unspecified atom stereocenters. The molecule has 1 N–H and O–H groups in total. The molecule has 7 heteroatoms. The van der Waals surface area contributed by atoms with Crippen LogP contribution in [0.25, 0.3) is 11.4 Å². The molecule has 0 fully saturated rings. The van der Waals surface area contributed by atoms with Crippen LogP contribution in [0.1, 0.15) is 0 Å². The lowest BCUT2D eigenvalue weighted by Crippen LogP contribution is -2.11. The van der Waals surface area contributed by atoms with Gasteiger partial charge in [0.1, 0.15) is 5.82 Å². The Bertz CT molecular complexity index is 659. The van der Waals surface area contributed by atoms with E-state index in [1.54, 1.807) is 12.1 Å². The maximum atomic E-state index is 11.7. The number of nitrogens with one attached hydrogen (secondary N) is 1. The van der Waals surface area contributed by atoms with Crippen molar-refractivity contribution >= 4 is 22.6 Å². The molecule has 1 aromatic heterocycles. The highest BCUT2D eigenvalue weighted by Crippen LogP contribution is 2.40. The van der Waals surface area contributed by atoms with Gasteiger partial charge in [0, 0.05) is 11.8 Å². The van der Waals surface area contributed by atoms with Gasteiger partial charge in [-0.15, -0.1) is 0 Å². The van der Waals surface area contributed by atoms with Crippen LogP contribution in [0.4, 0.5) is 0 Å². The number of hydrogen-bond acceptors (Lipinski definition) is 5. The Balaban J connectivity index is 2.62. The summed E-state index contributed by atoms with van der Waals surface area (Å²) in [5.74, 6) is 1.94. The second-order valence-corrected chi connectivity index (χ2v) is 4.99. The molecule has 0 spiro atoms. The zero-order valence-electron chi connectivity index (χ0n) is 11.2. The van der Waals surface area contributed by atoms with Crippen LogP contribution in [0.5, 0.6) is 17.2 Å². The van der Waals surface area contributed by atoms with E-state index < -0.39 is 0 Å². The number of methoxy groups -OCH3 is 3.